The van der Waals surface area contributed by atoms with Gasteiger partial charge in [0.05, 0.1) is 7.11 Å². The fourth-order valence-electron chi connectivity index (χ4n) is 2.53. The zero-order valence-electron chi connectivity index (χ0n) is 15.4. The monoisotopic (exact) mass is 424 g/mol. The van der Waals surface area contributed by atoms with Crippen LogP contribution >= 0.6 is 24.8 Å². The van der Waals surface area contributed by atoms with Crippen LogP contribution in [0.5, 0.6) is 11.5 Å². The molecule has 0 aliphatic rings. The van der Waals surface area contributed by atoms with Gasteiger partial charge in [0, 0.05) is 25.5 Å². The smallest absolute Gasteiger partial charge is 0.161 e. The van der Waals surface area contributed by atoms with E-state index < -0.39 is 0 Å². The molecule has 7 heteroatoms. The van der Waals surface area contributed by atoms with Crippen LogP contribution in [0.25, 0.3) is 0 Å². The van der Waals surface area contributed by atoms with E-state index in [1.807, 2.05) is 30.3 Å². The molecule has 0 amide bonds. The predicted molar refractivity (Wildman–Crippen MR) is 113 cm³/mol. The minimum absolute atomic E-state index is 0. The van der Waals surface area contributed by atoms with Crippen molar-refractivity contribution < 1.29 is 13.9 Å². The Morgan fingerprint density at radius 1 is 0.821 bits per heavy atom. The van der Waals surface area contributed by atoms with Gasteiger partial charge in [0.1, 0.15) is 12.4 Å². The lowest BCUT2D eigenvalue weighted by atomic mass is 10.2. The van der Waals surface area contributed by atoms with Gasteiger partial charge < -0.3 is 14.8 Å². The van der Waals surface area contributed by atoms with Gasteiger partial charge >= 0.3 is 0 Å². The fourth-order valence-corrected chi connectivity index (χ4v) is 2.53. The molecule has 0 atom stereocenters. The molecule has 1 aromatic heterocycles. The Morgan fingerprint density at radius 2 is 1.46 bits per heavy atom. The number of halogens is 3. The van der Waals surface area contributed by atoms with Crippen molar-refractivity contribution in [1.82, 2.24) is 10.3 Å². The third-order valence-electron chi connectivity index (χ3n) is 3.94. The third-order valence-corrected chi connectivity index (χ3v) is 3.94. The van der Waals surface area contributed by atoms with Crippen molar-refractivity contribution in [3.63, 3.8) is 0 Å². The highest BCUT2D eigenvalue weighted by Crippen LogP contribution is 2.29. The minimum Gasteiger partial charge on any atom is -0.493 e. The van der Waals surface area contributed by atoms with E-state index in [1.165, 1.54) is 17.7 Å². The summed E-state index contributed by atoms with van der Waals surface area (Å²) in [6.45, 7) is 1.85. The fraction of sp³-hybridized carbons (Fsp3) is 0.190. The van der Waals surface area contributed by atoms with Crippen LogP contribution in [-0.4, -0.2) is 12.1 Å². The van der Waals surface area contributed by atoms with Crippen LogP contribution in [0.1, 0.15) is 16.7 Å². The second-order valence-electron chi connectivity index (χ2n) is 5.86. The van der Waals surface area contributed by atoms with Crippen LogP contribution in [0.4, 0.5) is 4.39 Å². The van der Waals surface area contributed by atoms with E-state index in [-0.39, 0.29) is 30.6 Å². The largest absolute Gasteiger partial charge is 0.493 e. The normalized spacial score (nSPS) is 9.79. The Labute approximate surface area is 176 Å². The number of ether oxygens (including phenoxy) is 2. The number of aromatic nitrogens is 1. The van der Waals surface area contributed by atoms with Gasteiger partial charge in [0.15, 0.2) is 11.5 Å². The summed E-state index contributed by atoms with van der Waals surface area (Å²) in [4.78, 5) is 4.01. The topological polar surface area (TPSA) is 43.4 Å². The molecule has 0 radical (unpaired) electrons. The molecule has 0 saturated carbocycles. The molecule has 2 aromatic carbocycles. The highest BCUT2D eigenvalue weighted by atomic mass is 35.5. The maximum atomic E-state index is 13.0. The molecule has 4 nitrogen and oxygen atoms in total. The van der Waals surface area contributed by atoms with Gasteiger partial charge in [-0.3, -0.25) is 4.98 Å². The first kappa shape index (κ1) is 23.7. The highest BCUT2D eigenvalue weighted by Gasteiger charge is 2.06. The predicted octanol–water partition coefficient (Wildman–Crippen LogP) is 4.94. The van der Waals surface area contributed by atoms with Gasteiger partial charge in [0.2, 0.25) is 0 Å². The molecule has 1 N–H and O–H groups in total. The average Bonchev–Trinajstić information content (AvgIpc) is 2.69. The number of nitrogens with zero attached hydrogens (tertiary/aromatic N) is 1. The van der Waals surface area contributed by atoms with E-state index in [9.17, 15) is 4.39 Å². The lowest BCUT2D eigenvalue weighted by Gasteiger charge is -2.13. The van der Waals surface area contributed by atoms with Crippen molar-refractivity contribution >= 4 is 24.8 Å². The molecule has 1 heterocycles. The van der Waals surface area contributed by atoms with E-state index in [4.69, 9.17) is 9.47 Å². The number of rotatable bonds is 8. The van der Waals surface area contributed by atoms with Crippen LogP contribution in [-0.2, 0) is 19.7 Å². The molecule has 0 aliphatic carbocycles. The summed E-state index contributed by atoms with van der Waals surface area (Å²) in [7, 11) is 1.62. The maximum Gasteiger partial charge on any atom is 0.161 e. The zero-order valence-corrected chi connectivity index (χ0v) is 17.1. The van der Waals surface area contributed by atoms with E-state index in [1.54, 1.807) is 31.6 Å². The van der Waals surface area contributed by atoms with Gasteiger partial charge in [-0.05, 0) is 53.1 Å². The lowest BCUT2D eigenvalue weighted by molar-refractivity contribution is 0.284. The molecule has 150 valence electrons. The lowest BCUT2D eigenvalue weighted by Crippen LogP contribution is -2.12. The molecule has 0 spiro atoms. The molecule has 3 rings (SSSR count). The summed E-state index contributed by atoms with van der Waals surface area (Å²) < 4.78 is 24.2. The molecule has 0 fully saturated rings. The summed E-state index contributed by atoms with van der Waals surface area (Å²) in [5.41, 5.74) is 3.19. The third kappa shape index (κ3) is 7.00. The standard InChI is InChI=1S/C21H21FN2O2.2ClH/c1-25-21-12-18(14-24-13-16-8-10-23-11-9-16)4-7-20(21)26-15-17-2-5-19(22)6-3-17;;/h2-12,24H,13-15H2,1H3;2*1H. The van der Waals surface area contributed by atoms with E-state index in [0.29, 0.717) is 18.1 Å². The van der Waals surface area contributed by atoms with Crippen molar-refractivity contribution in [3.05, 3.63) is 89.5 Å². The number of hydrogen-bond acceptors (Lipinski definition) is 4. The Bertz CT molecular complexity index is 834. The zero-order chi connectivity index (χ0) is 18.2. The molecule has 28 heavy (non-hydrogen) atoms. The highest BCUT2D eigenvalue weighted by molar-refractivity contribution is 5.85. The summed E-state index contributed by atoms with van der Waals surface area (Å²) in [6, 6.07) is 16.1. The number of nitrogens with one attached hydrogen (secondary N) is 1. The second-order valence-corrected chi connectivity index (χ2v) is 5.86. The summed E-state index contributed by atoms with van der Waals surface area (Å²) in [5, 5.41) is 3.39. The van der Waals surface area contributed by atoms with Crippen molar-refractivity contribution in [2.45, 2.75) is 19.7 Å². The second kappa shape index (κ2) is 12.2. The molecule has 0 saturated heterocycles. The van der Waals surface area contributed by atoms with Crippen molar-refractivity contribution in [3.8, 4) is 11.5 Å². The maximum absolute atomic E-state index is 13.0. The first-order valence-electron chi connectivity index (χ1n) is 8.38. The van der Waals surface area contributed by atoms with Crippen molar-refractivity contribution in [1.29, 1.82) is 0 Å². The van der Waals surface area contributed by atoms with Crippen LogP contribution in [0, 0.1) is 5.82 Å². The summed E-state index contributed by atoms with van der Waals surface area (Å²) in [5.74, 6) is 1.08. The molecule has 0 bridgehead atoms. The Kier molecular flexibility index (Phi) is 10.3. The molecule has 3 aromatic rings. The number of hydrogen-bond donors (Lipinski definition) is 1. The van der Waals surface area contributed by atoms with Gasteiger partial charge in [0.25, 0.3) is 0 Å². The van der Waals surface area contributed by atoms with E-state index in [0.717, 1.165) is 24.2 Å². The van der Waals surface area contributed by atoms with Crippen LogP contribution in [0.2, 0.25) is 0 Å². The molecular formula is C21H23Cl2FN2O2. The quantitative estimate of drug-likeness (QED) is 0.555. The van der Waals surface area contributed by atoms with Crippen LogP contribution in [0.3, 0.4) is 0 Å². The molecule has 0 aliphatic heterocycles. The van der Waals surface area contributed by atoms with Crippen LogP contribution < -0.4 is 14.8 Å². The average molecular weight is 425 g/mol. The van der Waals surface area contributed by atoms with Gasteiger partial charge in [-0.15, -0.1) is 24.8 Å². The summed E-state index contributed by atoms with van der Waals surface area (Å²) >= 11 is 0. The first-order valence-corrected chi connectivity index (χ1v) is 8.38. The first-order chi connectivity index (χ1) is 12.7. The Hall–Kier alpha value is -2.34. The number of benzene rings is 2. The van der Waals surface area contributed by atoms with Gasteiger partial charge in [-0.2, -0.15) is 0 Å². The van der Waals surface area contributed by atoms with Crippen molar-refractivity contribution in [2.24, 2.45) is 0 Å². The summed E-state index contributed by atoms with van der Waals surface area (Å²) in [6.07, 6.45) is 3.57. The van der Waals surface area contributed by atoms with E-state index >= 15 is 0 Å². The number of pyridine rings is 1. The van der Waals surface area contributed by atoms with Crippen molar-refractivity contribution in [2.75, 3.05) is 7.11 Å². The van der Waals surface area contributed by atoms with E-state index in [2.05, 4.69) is 10.3 Å². The Morgan fingerprint density at radius 3 is 2.14 bits per heavy atom. The number of methoxy groups -OCH3 is 1. The molecule has 0 unspecified atom stereocenters. The van der Waals surface area contributed by atoms with Crippen LogP contribution in [0.15, 0.2) is 67.0 Å². The molecular weight excluding hydrogens is 402 g/mol. The Balaban J connectivity index is 0.00000196. The minimum atomic E-state index is -0.255. The van der Waals surface area contributed by atoms with Gasteiger partial charge in [-0.1, -0.05) is 18.2 Å². The van der Waals surface area contributed by atoms with Gasteiger partial charge in [-0.25, -0.2) is 4.39 Å². The SMILES string of the molecule is COc1cc(CNCc2ccncc2)ccc1OCc1ccc(F)cc1.Cl.Cl.